The molecule has 0 saturated heterocycles. The molecule has 0 spiro atoms. The zero-order chi connectivity index (χ0) is 9.68. The Morgan fingerprint density at radius 2 is 2.23 bits per heavy atom. The van der Waals surface area contributed by atoms with Crippen LogP contribution in [0.2, 0.25) is 0 Å². The first-order chi connectivity index (χ1) is 6.24. The summed E-state index contributed by atoms with van der Waals surface area (Å²) in [4.78, 5) is 0.923. The number of nitrogens with two attached hydrogens (primary N) is 1. The van der Waals surface area contributed by atoms with Crippen LogP contribution in [-0.4, -0.2) is 11.6 Å². The predicted molar refractivity (Wildman–Crippen MR) is 56.9 cm³/mol. The van der Waals surface area contributed by atoms with Gasteiger partial charge in [-0.1, -0.05) is 0 Å². The molecule has 1 rings (SSSR count). The summed E-state index contributed by atoms with van der Waals surface area (Å²) in [6.45, 7) is 0. The number of anilines is 1. The summed E-state index contributed by atoms with van der Waals surface area (Å²) in [6.07, 6.45) is 0.934. The lowest BCUT2D eigenvalue weighted by molar-refractivity contribution is 0.627. The Morgan fingerprint density at radius 1 is 1.46 bits per heavy atom. The van der Waals surface area contributed by atoms with Gasteiger partial charge in [0.15, 0.2) is 0 Å². The molecule has 0 aliphatic rings. The van der Waals surface area contributed by atoms with Crippen molar-refractivity contribution in [2.45, 2.75) is 11.3 Å². The topological polar surface area (TPSA) is 26.0 Å². The number of halogens is 2. The molecule has 72 valence electrons. The smallest absolute Gasteiger partial charge is 0.125 e. The molecule has 13 heavy (non-hydrogen) atoms. The van der Waals surface area contributed by atoms with Crippen LogP contribution in [0.15, 0.2) is 23.1 Å². The Bertz CT molecular complexity index is 280. The molecule has 0 heterocycles. The van der Waals surface area contributed by atoms with Gasteiger partial charge >= 0.3 is 0 Å². The quantitative estimate of drug-likeness (QED) is 0.365. The van der Waals surface area contributed by atoms with Crippen molar-refractivity contribution in [3.8, 4) is 0 Å². The standard InChI is InChI=1S/C9H11ClFNS/c10-4-1-5-13-9-3-2-7(11)6-8(9)12/h2-3,6H,1,4-5,12H2. The third-order valence-electron chi connectivity index (χ3n) is 1.51. The maximum atomic E-state index is 12.6. The molecule has 0 saturated carbocycles. The van der Waals surface area contributed by atoms with E-state index in [1.165, 1.54) is 12.1 Å². The summed E-state index contributed by atoms with van der Waals surface area (Å²) in [6, 6.07) is 4.45. The van der Waals surface area contributed by atoms with E-state index < -0.39 is 0 Å². The molecular formula is C9H11ClFNS. The second kappa shape index (κ2) is 5.35. The number of hydrogen-bond acceptors (Lipinski definition) is 2. The molecule has 2 N–H and O–H groups in total. The molecule has 0 aliphatic carbocycles. The van der Waals surface area contributed by atoms with Gasteiger partial charge in [-0.05, 0) is 30.4 Å². The summed E-state index contributed by atoms with van der Waals surface area (Å²) < 4.78 is 12.6. The zero-order valence-electron chi connectivity index (χ0n) is 7.09. The monoisotopic (exact) mass is 219 g/mol. The third-order valence-corrected chi connectivity index (χ3v) is 2.95. The predicted octanol–water partition coefficient (Wildman–Crippen LogP) is 3.13. The van der Waals surface area contributed by atoms with Crippen LogP contribution in [-0.2, 0) is 0 Å². The van der Waals surface area contributed by atoms with Gasteiger partial charge in [0.1, 0.15) is 5.82 Å². The molecule has 0 bridgehead atoms. The Hall–Kier alpha value is -0.410. The zero-order valence-corrected chi connectivity index (χ0v) is 8.67. The summed E-state index contributed by atoms with van der Waals surface area (Å²) in [5.74, 6) is 1.27. The van der Waals surface area contributed by atoms with Crippen LogP contribution in [0, 0.1) is 5.82 Å². The highest BCUT2D eigenvalue weighted by molar-refractivity contribution is 7.99. The summed E-state index contributed by atoms with van der Waals surface area (Å²) in [5, 5.41) is 0. The van der Waals surface area contributed by atoms with Gasteiger partial charge in [0.2, 0.25) is 0 Å². The molecule has 1 nitrogen and oxygen atoms in total. The number of rotatable bonds is 4. The van der Waals surface area contributed by atoms with Crippen LogP contribution in [0.1, 0.15) is 6.42 Å². The molecule has 0 aliphatic heterocycles. The van der Waals surface area contributed by atoms with Crippen molar-refractivity contribution in [1.29, 1.82) is 0 Å². The summed E-state index contributed by atoms with van der Waals surface area (Å²) in [5.41, 5.74) is 6.11. The van der Waals surface area contributed by atoms with Crippen molar-refractivity contribution in [2.24, 2.45) is 0 Å². The SMILES string of the molecule is Nc1cc(F)ccc1SCCCCl. The van der Waals surface area contributed by atoms with Crippen LogP contribution in [0.25, 0.3) is 0 Å². The lowest BCUT2D eigenvalue weighted by Crippen LogP contribution is -1.90. The Morgan fingerprint density at radius 3 is 2.85 bits per heavy atom. The van der Waals surface area contributed by atoms with E-state index in [0.717, 1.165) is 17.1 Å². The Balaban J connectivity index is 2.56. The normalized spacial score (nSPS) is 10.3. The molecule has 0 radical (unpaired) electrons. The average molecular weight is 220 g/mol. The first-order valence-corrected chi connectivity index (χ1v) is 5.50. The lowest BCUT2D eigenvalue weighted by atomic mass is 10.3. The van der Waals surface area contributed by atoms with Crippen molar-refractivity contribution in [3.63, 3.8) is 0 Å². The van der Waals surface area contributed by atoms with Gasteiger partial charge < -0.3 is 5.73 Å². The van der Waals surface area contributed by atoms with Crippen molar-refractivity contribution in [2.75, 3.05) is 17.4 Å². The Labute approximate surface area is 86.5 Å². The lowest BCUT2D eigenvalue weighted by Gasteiger charge is -2.03. The molecule has 0 atom stereocenters. The van der Waals surface area contributed by atoms with Crippen LogP contribution in [0.4, 0.5) is 10.1 Å². The van der Waals surface area contributed by atoms with E-state index in [2.05, 4.69) is 0 Å². The maximum Gasteiger partial charge on any atom is 0.125 e. The minimum atomic E-state index is -0.292. The fourth-order valence-corrected chi connectivity index (χ4v) is 2.08. The highest BCUT2D eigenvalue weighted by Gasteiger charge is 2.00. The molecule has 0 aromatic heterocycles. The average Bonchev–Trinajstić information content (AvgIpc) is 2.09. The second-order valence-electron chi connectivity index (χ2n) is 2.57. The van der Waals surface area contributed by atoms with Gasteiger partial charge in [0.05, 0.1) is 0 Å². The summed E-state index contributed by atoms with van der Waals surface area (Å²) in [7, 11) is 0. The first kappa shape index (κ1) is 10.7. The van der Waals surface area contributed by atoms with E-state index in [9.17, 15) is 4.39 Å². The number of alkyl halides is 1. The number of nitrogen functional groups attached to an aromatic ring is 1. The van der Waals surface area contributed by atoms with Gasteiger partial charge in [-0.25, -0.2) is 4.39 Å². The van der Waals surface area contributed by atoms with E-state index in [4.69, 9.17) is 17.3 Å². The highest BCUT2D eigenvalue weighted by atomic mass is 35.5. The van der Waals surface area contributed by atoms with Crippen LogP contribution < -0.4 is 5.73 Å². The van der Waals surface area contributed by atoms with Crippen LogP contribution in [0.5, 0.6) is 0 Å². The van der Waals surface area contributed by atoms with Gasteiger partial charge in [0.25, 0.3) is 0 Å². The molecule has 1 aromatic carbocycles. The van der Waals surface area contributed by atoms with E-state index in [0.29, 0.717) is 11.6 Å². The molecule has 0 unspecified atom stereocenters. The van der Waals surface area contributed by atoms with Gasteiger partial charge in [-0.2, -0.15) is 0 Å². The van der Waals surface area contributed by atoms with Crippen LogP contribution in [0.3, 0.4) is 0 Å². The Kier molecular flexibility index (Phi) is 4.39. The molecule has 1 aromatic rings. The van der Waals surface area contributed by atoms with Gasteiger partial charge in [0, 0.05) is 16.5 Å². The second-order valence-corrected chi connectivity index (χ2v) is 4.09. The number of thioether (sulfide) groups is 1. The highest BCUT2D eigenvalue weighted by Crippen LogP contribution is 2.25. The first-order valence-electron chi connectivity index (χ1n) is 3.98. The van der Waals surface area contributed by atoms with E-state index >= 15 is 0 Å². The molecule has 0 amide bonds. The van der Waals surface area contributed by atoms with E-state index in [1.807, 2.05) is 0 Å². The van der Waals surface area contributed by atoms with Gasteiger partial charge in [-0.15, -0.1) is 23.4 Å². The number of benzene rings is 1. The largest absolute Gasteiger partial charge is 0.398 e. The summed E-state index contributed by atoms with van der Waals surface area (Å²) >= 11 is 7.13. The van der Waals surface area contributed by atoms with Crippen molar-refractivity contribution in [3.05, 3.63) is 24.0 Å². The van der Waals surface area contributed by atoms with Gasteiger partial charge in [-0.3, -0.25) is 0 Å². The van der Waals surface area contributed by atoms with Crippen molar-refractivity contribution in [1.82, 2.24) is 0 Å². The van der Waals surface area contributed by atoms with E-state index in [-0.39, 0.29) is 5.82 Å². The minimum absolute atomic E-state index is 0.292. The molecular weight excluding hydrogens is 209 g/mol. The number of hydrogen-bond donors (Lipinski definition) is 1. The molecule has 0 fully saturated rings. The van der Waals surface area contributed by atoms with Crippen molar-refractivity contribution >= 4 is 29.1 Å². The maximum absolute atomic E-state index is 12.6. The fraction of sp³-hybridized carbons (Fsp3) is 0.333. The van der Waals surface area contributed by atoms with E-state index in [1.54, 1.807) is 17.8 Å². The van der Waals surface area contributed by atoms with Crippen LogP contribution >= 0.6 is 23.4 Å². The third kappa shape index (κ3) is 3.44. The van der Waals surface area contributed by atoms with Crippen molar-refractivity contribution < 1.29 is 4.39 Å². The fourth-order valence-electron chi connectivity index (χ4n) is 0.887. The molecule has 4 heteroatoms. The minimum Gasteiger partial charge on any atom is -0.398 e.